The van der Waals surface area contributed by atoms with Crippen LogP contribution in [0.3, 0.4) is 0 Å². The van der Waals surface area contributed by atoms with Gasteiger partial charge >= 0.3 is 0 Å². The average molecular weight is 396 g/mol. The Bertz CT molecular complexity index is 550. The van der Waals surface area contributed by atoms with Gasteiger partial charge in [-0.05, 0) is 41.6 Å². The minimum atomic E-state index is -2.74. The zero-order valence-electron chi connectivity index (χ0n) is 9.94. The number of alkyl halides is 2. The first-order chi connectivity index (χ1) is 8.93. The van der Waals surface area contributed by atoms with Gasteiger partial charge in [0.25, 0.3) is 12.3 Å². The summed E-state index contributed by atoms with van der Waals surface area (Å²) in [6.45, 7) is 1.77. The molecule has 0 radical (unpaired) electrons. The normalized spacial score (nSPS) is 19.4. The summed E-state index contributed by atoms with van der Waals surface area (Å²) in [5, 5.41) is -0.289. The number of allylic oxidation sites excluding steroid dienone is 1. The maximum Gasteiger partial charge on any atom is 0.279 e. The Morgan fingerprint density at radius 3 is 2.63 bits per heavy atom. The van der Waals surface area contributed by atoms with Crippen molar-refractivity contribution in [3.05, 3.63) is 38.4 Å². The van der Waals surface area contributed by atoms with E-state index in [1.54, 1.807) is 19.1 Å². The van der Waals surface area contributed by atoms with Crippen molar-refractivity contribution in [2.45, 2.75) is 18.7 Å². The van der Waals surface area contributed by atoms with E-state index in [-0.39, 0.29) is 16.0 Å². The first kappa shape index (κ1) is 14.6. The SMILES string of the molecule is CC1SC(C(N)=O)=C(C(F)F)N1c1ccccc1I. The summed E-state index contributed by atoms with van der Waals surface area (Å²) in [5.41, 5.74) is 5.55. The summed E-state index contributed by atoms with van der Waals surface area (Å²) in [6.07, 6.45) is -2.74. The number of anilines is 1. The Kier molecular flexibility index (Phi) is 4.34. The molecule has 0 saturated heterocycles. The molecule has 1 unspecified atom stereocenters. The van der Waals surface area contributed by atoms with E-state index in [1.807, 2.05) is 12.1 Å². The topological polar surface area (TPSA) is 46.3 Å². The molecule has 2 rings (SSSR count). The number of halogens is 3. The monoisotopic (exact) mass is 396 g/mol. The highest BCUT2D eigenvalue weighted by atomic mass is 127. The van der Waals surface area contributed by atoms with Crippen molar-refractivity contribution < 1.29 is 13.6 Å². The zero-order chi connectivity index (χ0) is 14.2. The van der Waals surface area contributed by atoms with Crippen LogP contribution in [0.2, 0.25) is 0 Å². The van der Waals surface area contributed by atoms with Crippen molar-refractivity contribution in [3.63, 3.8) is 0 Å². The molecule has 3 nitrogen and oxygen atoms in total. The van der Waals surface area contributed by atoms with Crippen LogP contribution in [-0.4, -0.2) is 17.7 Å². The van der Waals surface area contributed by atoms with Gasteiger partial charge in [-0.1, -0.05) is 23.9 Å². The third kappa shape index (κ3) is 2.71. The first-order valence-electron chi connectivity index (χ1n) is 5.46. The summed E-state index contributed by atoms with van der Waals surface area (Å²) in [7, 11) is 0. The Balaban J connectivity index is 2.55. The second kappa shape index (κ2) is 5.66. The van der Waals surface area contributed by atoms with E-state index in [0.717, 1.165) is 15.3 Å². The lowest BCUT2D eigenvalue weighted by molar-refractivity contribution is -0.114. The van der Waals surface area contributed by atoms with Crippen molar-refractivity contribution in [2.75, 3.05) is 4.90 Å². The number of carbonyl (C=O) groups is 1. The minimum absolute atomic E-state index is 0.0536. The fraction of sp³-hybridized carbons (Fsp3) is 0.250. The van der Waals surface area contributed by atoms with Gasteiger partial charge in [0.2, 0.25) is 0 Å². The van der Waals surface area contributed by atoms with Crippen LogP contribution in [0, 0.1) is 3.57 Å². The van der Waals surface area contributed by atoms with Crippen LogP contribution in [-0.2, 0) is 4.79 Å². The third-order valence-corrected chi connectivity index (χ3v) is 4.80. The van der Waals surface area contributed by atoms with Crippen molar-refractivity contribution >= 4 is 45.9 Å². The van der Waals surface area contributed by atoms with Crippen molar-refractivity contribution in [1.29, 1.82) is 0 Å². The van der Waals surface area contributed by atoms with Crippen LogP contribution in [0.5, 0.6) is 0 Å². The number of hydrogen-bond donors (Lipinski definition) is 1. The van der Waals surface area contributed by atoms with Crippen LogP contribution < -0.4 is 10.6 Å². The van der Waals surface area contributed by atoms with Gasteiger partial charge in [0, 0.05) is 3.57 Å². The van der Waals surface area contributed by atoms with Gasteiger partial charge in [0.1, 0.15) is 5.70 Å². The number of para-hydroxylation sites is 1. The molecule has 1 amide bonds. The number of carbonyl (C=O) groups excluding carboxylic acids is 1. The van der Waals surface area contributed by atoms with Crippen LogP contribution >= 0.6 is 34.4 Å². The number of hydrogen-bond acceptors (Lipinski definition) is 3. The van der Waals surface area contributed by atoms with E-state index in [0.29, 0.717) is 5.69 Å². The summed E-state index contributed by atoms with van der Waals surface area (Å²) < 4.78 is 27.4. The highest BCUT2D eigenvalue weighted by Gasteiger charge is 2.38. The lowest BCUT2D eigenvalue weighted by Crippen LogP contribution is -2.30. The van der Waals surface area contributed by atoms with E-state index in [2.05, 4.69) is 22.6 Å². The Morgan fingerprint density at radius 1 is 1.47 bits per heavy atom. The Morgan fingerprint density at radius 2 is 2.11 bits per heavy atom. The van der Waals surface area contributed by atoms with E-state index >= 15 is 0 Å². The largest absolute Gasteiger partial charge is 0.365 e. The molecular formula is C12H11F2IN2OS. The quantitative estimate of drug-likeness (QED) is 0.799. The Hall–Kier alpha value is -0.830. The number of nitrogens with two attached hydrogens (primary N) is 1. The summed E-state index contributed by atoms with van der Waals surface area (Å²) in [4.78, 5) is 12.7. The van der Waals surface area contributed by atoms with Crippen LogP contribution in [0.25, 0.3) is 0 Å². The fourth-order valence-corrected chi connectivity index (χ4v) is 3.70. The molecule has 1 aromatic carbocycles. The molecule has 2 N–H and O–H groups in total. The number of thioether (sulfide) groups is 1. The predicted molar refractivity (Wildman–Crippen MR) is 80.9 cm³/mol. The second-order valence-electron chi connectivity index (χ2n) is 3.92. The van der Waals surface area contributed by atoms with E-state index in [9.17, 15) is 13.6 Å². The highest BCUT2D eigenvalue weighted by Crippen LogP contribution is 2.44. The van der Waals surface area contributed by atoms with Gasteiger partial charge in [-0.3, -0.25) is 4.79 Å². The highest BCUT2D eigenvalue weighted by molar-refractivity contribution is 14.1. The van der Waals surface area contributed by atoms with E-state index < -0.39 is 12.3 Å². The van der Waals surface area contributed by atoms with Gasteiger partial charge in [-0.15, -0.1) is 0 Å². The van der Waals surface area contributed by atoms with Gasteiger partial charge in [-0.25, -0.2) is 8.78 Å². The van der Waals surface area contributed by atoms with Gasteiger partial charge in [-0.2, -0.15) is 0 Å². The predicted octanol–water partition coefficient (Wildman–Crippen LogP) is 3.15. The minimum Gasteiger partial charge on any atom is -0.365 e. The molecule has 0 spiro atoms. The lowest BCUT2D eigenvalue weighted by atomic mass is 10.2. The van der Waals surface area contributed by atoms with Gasteiger partial charge in [0.05, 0.1) is 16.0 Å². The fourth-order valence-electron chi connectivity index (χ4n) is 1.95. The van der Waals surface area contributed by atoms with Crippen LogP contribution in [0.15, 0.2) is 34.9 Å². The standard InChI is InChI=1S/C12H11F2IN2OS/c1-6-17(8-5-3-2-4-7(8)15)9(11(13)14)10(19-6)12(16)18/h2-6,11H,1H3,(H2,16,18). The smallest absolute Gasteiger partial charge is 0.279 e. The second-order valence-corrected chi connectivity index (χ2v) is 6.41. The first-order valence-corrected chi connectivity index (χ1v) is 7.42. The molecule has 0 bridgehead atoms. The summed E-state index contributed by atoms with van der Waals surface area (Å²) in [6, 6.07) is 7.20. The molecule has 1 heterocycles. The van der Waals surface area contributed by atoms with Crippen LogP contribution in [0.4, 0.5) is 14.5 Å². The number of amides is 1. The zero-order valence-corrected chi connectivity index (χ0v) is 12.9. The molecule has 7 heteroatoms. The Labute approximate surface area is 127 Å². The molecule has 1 aliphatic rings. The van der Waals surface area contributed by atoms with E-state index in [4.69, 9.17) is 5.73 Å². The lowest BCUT2D eigenvalue weighted by Gasteiger charge is -2.27. The molecule has 0 aliphatic carbocycles. The molecule has 0 aromatic heterocycles. The van der Waals surface area contributed by atoms with E-state index in [1.165, 1.54) is 4.90 Å². The molecule has 0 fully saturated rings. The molecule has 1 atom stereocenters. The van der Waals surface area contributed by atoms with Crippen molar-refractivity contribution in [1.82, 2.24) is 0 Å². The van der Waals surface area contributed by atoms with Crippen molar-refractivity contribution in [2.24, 2.45) is 5.73 Å². The maximum atomic E-state index is 13.3. The number of nitrogens with zero attached hydrogens (tertiary/aromatic N) is 1. The molecule has 1 aliphatic heterocycles. The van der Waals surface area contributed by atoms with Crippen LogP contribution in [0.1, 0.15) is 6.92 Å². The van der Waals surface area contributed by atoms with Gasteiger partial charge < -0.3 is 10.6 Å². The molecular weight excluding hydrogens is 385 g/mol. The average Bonchev–Trinajstić information content (AvgIpc) is 2.68. The molecule has 0 saturated carbocycles. The number of primary amides is 1. The molecule has 19 heavy (non-hydrogen) atoms. The summed E-state index contributed by atoms with van der Waals surface area (Å²) >= 11 is 3.15. The summed E-state index contributed by atoms with van der Waals surface area (Å²) in [5.74, 6) is -0.805. The van der Waals surface area contributed by atoms with Gasteiger partial charge in [0.15, 0.2) is 0 Å². The number of benzene rings is 1. The number of rotatable bonds is 3. The molecule has 102 valence electrons. The molecule has 1 aromatic rings. The maximum absolute atomic E-state index is 13.3. The third-order valence-electron chi connectivity index (χ3n) is 2.69. The van der Waals surface area contributed by atoms with Crippen molar-refractivity contribution in [3.8, 4) is 0 Å².